The Morgan fingerprint density at radius 2 is 1.07 bits per heavy atom. The van der Waals surface area contributed by atoms with Gasteiger partial charge >= 0.3 is 29.8 Å². The molecular formula is C33H26O12. The number of benzene rings is 4. The molecule has 0 unspecified atom stereocenters. The third kappa shape index (κ3) is 7.32. The van der Waals surface area contributed by atoms with Crippen molar-refractivity contribution in [3.63, 3.8) is 0 Å². The van der Waals surface area contributed by atoms with Gasteiger partial charge in [-0.15, -0.1) is 0 Å². The van der Waals surface area contributed by atoms with E-state index in [-0.39, 0.29) is 34.6 Å². The van der Waals surface area contributed by atoms with Gasteiger partial charge in [-0.3, -0.25) is 0 Å². The number of carboxylic acid groups (broad SMARTS) is 4. The van der Waals surface area contributed by atoms with Crippen molar-refractivity contribution in [2.75, 3.05) is 0 Å². The van der Waals surface area contributed by atoms with Crippen LogP contribution in [0.1, 0.15) is 82.3 Å². The first-order valence-corrected chi connectivity index (χ1v) is 13.2. The van der Waals surface area contributed by atoms with Gasteiger partial charge in [0.25, 0.3) is 0 Å². The second-order valence-corrected chi connectivity index (χ2v) is 10.3. The lowest BCUT2D eigenvalue weighted by atomic mass is 9.78. The zero-order valence-electron chi connectivity index (χ0n) is 23.8. The normalized spacial score (nSPS) is 11.0. The van der Waals surface area contributed by atoms with Crippen molar-refractivity contribution in [1.82, 2.24) is 0 Å². The zero-order valence-corrected chi connectivity index (χ0v) is 23.8. The van der Waals surface area contributed by atoms with Gasteiger partial charge in [-0.2, -0.15) is 4.89 Å². The minimum Gasteiger partial charge on any atom is -0.478 e. The van der Waals surface area contributed by atoms with E-state index in [1.807, 2.05) is 13.8 Å². The molecule has 0 saturated heterocycles. The predicted molar refractivity (Wildman–Crippen MR) is 156 cm³/mol. The Balaban J connectivity index is 1.42. The van der Waals surface area contributed by atoms with Crippen molar-refractivity contribution in [3.8, 4) is 11.5 Å². The highest BCUT2D eigenvalue weighted by molar-refractivity contribution is 6.05. The van der Waals surface area contributed by atoms with Crippen molar-refractivity contribution < 1.29 is 58.9 Å². The van der Waals surface area contributed by atoms with Gasteiger partial charge in [0.2, 0.25) is 0 Å². The molecule has 4 rings (SSSR count). The van der Waals surface area contributed by atoms with Gasteiger partial charge in [0.15, 0.2) is 5.75 Å². The van der Waals surface area contributed by atoms with Crippen LogP contribution in [0.4, 0.5) is 0 Å². The van der Waals surface area contributed by atoms with Crippen LogP contribution in [0, 0.1) is 0 Å². The highest BCUT2D eigenvalue weighted by Gasteiger charge is 2.25. The molecule has 0 aliphatic heterocycles. The third-order valence-electron chi connectivity index (χ3n) is 7.03. The zero-order chi connectivity index (χ0) is 32.9. The highest BCUT2D eigenvalue weighted by atomic mass is 17.2. The van der Waals surface area contributed by atoms with Gasteiger partial charge in [-0.05, 0) is 77.4 Å². The molecule has 0 aliphatic carbocycles. The molecule has 0 fully saturated rings. The van der Waals surface area contributed by atoms with Gasteiger partial charge in [0, 0.05) is 5.41 Å². The summed E-state index contributed by atoms with van der Waals surface area (Å²) in [5, 5.41) is 37.2. The molecular weight excluding hydrogens is 588 g/mol. The molecule has 4 aromatic rings. The van der Waals surface area contributed by atoms with Gasteiger partial charge in [-0.25, -0.2) is 24.0 Å². The van der Waals surface area contributed by atoms with Gasteiger partial charge in [-0.1, -0.05) is 38.1 Å². The number of rotatable bonds is 12. The molecule has 4 N–H and O–H groups in total. The summed E-state index contributed by atoms with van der Waals surface area (Å²) in [6.45, 7) is 3.61. The SMILES string of the molecule is CC(C)(c1ccc(OOCc2cc(C(=O)O)ccc2C(=O)O)cc1)c1ccc(OC(=O)c2cc(C(=O)O)ccc2C(=O)O)cc1. The van der Waals surface area contributed by atoms with Crippen LogP contribution in [0.25, 0.3) is 0 Å². The average molecular weight is 615 g/mol. The number of carbonyl (C=O) groups is 5. The third-order valence-corrected chi connectivity index (χ3v) is 7.03. The number of hydrogen-bond acceptors (Lipinski definition) is 8. The lowest BCUT2D eigenvalue weighted by Gasteiger charge is -2.26. The number of carbonyl (C=O) groups excluding carboxylic acids is 1. The van der Waals surface area contributed by atoms with E-state index >= 15 is 0 Å². The molecule has 12 nitrogen and oxygen atoms in total. The predicted octanol–water partition coefficient (Wildman–Crippen LogP) is 5.54. The van der Waals surface area contributed by atoms with Gasteiger partial charge < -0.3 is 30.1 Å². The summed E-state index contributed by atoms with van der Waals surface area (Å²) < 4.78 is 5.34. The summed E-state index contributed by atoms with van der Waals surface area (Å²) in [7, 11) is 0. The Bertz CT molecular complexity index is 1790. The molecule has 12 heteroatoms. The van der Waals surface area contributed by atoms with Crippen molar-refractivity contribution in [1.29, 1.82) is 0 Å². The summed E-state index contributed by atoms with van der Waals surface area (Å²) in [5.41, 5.74) is 0.0573. The molecule has 0 radical (unpaired) electrons. The van der Waals surface area contributed by atoms with E-state index in [4.69, 9.17) is 14.5 Å². The number of esters is 1. The first-order chi connectivity index (χ1) is 21.3. The summed E-state index contributed by atoms with van der Waals surface area (Å²) in [4.78, 5) is 68.8. The molecule has 0 atom stereocenters. The standard InChI is InChI=1S/C33H26O12/c1-33(2,21-5-9-23(10-6-21)44-32(42)27-16-19(29(36)37)4-14-26(27)31(40)41)22-7-11-24(12-8-22)45-43-17-20-15-18(28(34)35)3-13-25(20)30(38)39/h3-16H,17H2,1-2H3,(H,34,35)(H,36,37)(H,38,39)(H,40,41). The molecule has 0 heterocycles. The molecule has 0 spiro atoms. The summed E-state index contributed by atoms with van der Waals surface area (Å²) in [6, 6.07) is 20.1. The summed E-state index contributed by atoms with van der Waals surface area (Å²) >= 11 is 0. The van der Waals surface area contributed by atoms with E-state index < -0.39 is 46.4 Å². The van der Waals surface area contributed by atoms with Crippen molar-refractivity contribution in [3.05, 3.63) is 129 Å². The monoisotopic (exact) mass is 614 g/mol. The Labute approximate surface area is 255 Å². The van der Waals surface area contributed by atoms with Crippen LogP contribution in [0.3, 0.4) is 0 Å². The first-order valence-electron chi connectivity index (χ1n) is 13.2. The van der Waals surface area contributed by atoms with Gasteiger partial charge in [0.1, 0.15) is 12.4 Å². The Hall–Kier alpha value is -6.01. The molecule has 0 aliphatic rings. The second kappa shape index (κ2) is 13.1. The first kappa shape index (κ1) is 31.9. The molecule has 45 heavy (non-hydrogen) atoms. The van der Waals surface area contributed by atoms with Crippen LogP contribution < -0.4 is 9.62 Å². The number of hydrogen-bond donors (Lipinski definition) is 4. The minimum absolute atomic E-state index is 0.0887. The maximum absolute atomic E-state index is 12.7. The molecule has 0 aromatic heterocycles. The van der Waals surface area contributed by atoms with E-state index in [2.05, 4.69) is 0 Å². The lowest BCUT2D eigenvalue weighted by molar-refractivity contribution is -0.217. The quantitative estimate of drug-likeness (QED) is 0.0675. The number of carboxylic acids is 4. The fourth-order valence-corrected chi connectivity index (χ4v) is 4.44. The summed E-state index contributed by atoms with van der Waals surface area (Å²) in [6.07, 6.45) is 0. The Kier molecular flexibility index (Phi) is 9.29. The second-order valence-electron chi connectivity index (χ2n) is 10.3. The van der Waals surface area contributed by atoms with Gasteiger partial charge in [0.05, 0.1) is 27.8 Å². The summed E-state index contributed by atoms with van der Waals surface area (Å²) in [5.74, 6) is -5.75. The van der Waals surface area contributed by atoms with Crippen molar-refractivity contribution in [2.45, 2.75) is 25.9 Å². The van der Waals surface area contributed by atoms with E-state index in [0.29, 0.717) is 5.75 Å². The van der Waals surface area contributed by atoms with E-state index in [0.717, 1.165) is 29.3 Å². The Morgan fingerprint density at radius 1 is 0.578 bits per heavy atom. The fourth-order valence-electron chi connectivity index (χ4n) is 4.44. The molecule has 230 valence electrons. The van der Waals surface area contributed by atoms with Crippen LogP contribution in [-0.4, -0.2) is 50.3 Å². The van der Waals surface area contributed by atoms with Crippen LogP contribution in [0.15, 0.2) is 84.9 Å². The smallest absolute Gasteiger partial charge is 0.344 e. The fraction of sp³-hybridized carbons (Fsp3) is 0.121. The largest absolute Gasteiger partial charge is 0.478 e. The lowest BCUT2D eigenvalue weighted by Crippen LogP contribution is -2.19. The molecule has 0 amide bonds. The maximum Gasteiger partial charge on any atom is 0.344 e. The van der Waals surface area contributed by atoms with E-state index in [9.17, 15) is 44.4 Å². The van der Waals surface area contributed by atoms with Crippen LogP contribution in [0.2, 0.25) is 0 Å². The Morgan fingerprint density at radius 3 is 1.58 bits per heavy atom. The topological polar surface area (TPSA) is 194 Å². The number of ether oxygens (including phenoxy) is 1. The van der Waals surface area contributed by atoms with Crippen molar-refractivity contribution in [2.24, 2.45) is 0 Å². The van der Waals surface area contributed by atoms with E-state index in [1.54, 1.807) is 36.4 Å². The molecule has 0 saturated carbocycles. The average Bonchev–Trinajstić information content (AvgIpc) is 3.01. The number of aromatic carboxylic acids is 4. The minimum atomic E-state index is -1.41. The highest BCUT2D eigenvalue weighted by Crippen LogP contribution is 2.33. The molecule has 0 bridgehead atoms. The maximum atomic E-state index is 12.7. The van der Waals surface area contributed by atoms with Crippen LogP contribution in [0.5, 0.6) is 11.5 Å². The molecule has 4 aromatic carbocycles. The van der Waals surface area contributed by atoms with Crippen LogP contribution in [-0.2, 0) is 16.9 Å². The van der Waals surface area contributed by atoms with Crippen LogP contribution >= 0.6 is 0 Å². The van der Waals surface area contributed by atoms with E-state index in [1.165, 1.54) is 30.3 Å². The van der Waals surface area contributed by atoms with Crippen molar-refractivity contribution >= 4 is 29.8 Å².